The van der Waals surface area contributed by atoms with E-state index in [0.717, 1.165) is 17.3 Å². The van der Waals surface area contributed by atoms with Crippen molar-refractivity contribution in [2.24, 2.45) is 0 Å². The number of hydrogen-bond acceptors (Lipinski definition) is 4. The minimum Gasteiger partial charge on any atom is -0.478 e. The number of aromatic nitrogens is 1. The molecule has 1 aliphatic heterocycles. The van der Waals surface area contributed by atoms with Crippen molar-refractivity contribution in [2.75, 3.05) is 24.7 Å². The molecule has 3 rings (SSSR count). The number of para-hydroxylation sites is 1. The first kappa shape index (κ1) is 13.8. The molecule has 1 aromatic carbocycles. The Labute approximate surface area is 123 Å². The van der Waals surface area contributed by atoms with Crippen molar-refractivity contribution >= 4 is 22.7 Å². The zero-order valence-corrected chi connectivity index (χ0v) is 12.0. The minimum absolute atomic E-state index is 0.172. The van der Waals surface area contributed by atoms with Crippen LogP contribution in [0.4, 0.5) is 5.82 Å². The van der Waals surface area contributed by atoms with Gasteiger partial charge in [0.15, 0.2) is 0 Å². The summed E-state index contributed by atoms with van der Waals surface area (Å²) in [6.07, 6.45) is 0.896. The van der Waals surface area contributed by atoms with Crippen LogP contribution in [0.1, 0.15) is 23.7 Å². The molecule has 2 heterocycles. The van der Waals surface area contributed by atoms with Crippen LogP contribution in [-0.2, 0) is 4.74 Å². The average Bonchev–Trinajstić information content (AvgIpc) is 2.53. The van der Waals surface area contributed by atoms with Gasteiger partial charge in [0.25, 0.3) is 0 Å². The Morgan fingerprint density at radius 3 is 3.05 bits per heavy atom. The third-order valence-electron chi connectivity index (χ3n) is 3.91. The molecule has 1 saturated heterocycles. The molecule has 5 heteroatoms. The quantitative estimate of drug-likeness (QED) is 0.939. The molecule has 0 aliphatic carbocycles. The Hall–Kier alpha value is -2.14. The molecule has 1 fully saturated rings. The summed E-state index contributed by atoms with van der Waals surface area (Å²) in [5, 5.41) is 10.4. The normalized spacial score (nSPS) is 18.9. The van der Waals surface area contributed by atoms with Crippen LogP contribution < -0.4 is 4.90 Å². The number of morpholine rings is 1. The second kappa shape index (κ2) is 5.69. The largest absolute Gasteiger partial charge is 0.478 e. The Balaban J connectivity index is 2.14. The van der Waals surface area contributed by atoms with Crippen LogP contribution >= 0.6 is 0 Å². The molecule has 1 atom stereocenters. The smallest absolute Gasteiger partial charge is 0.339 e. The van der Waals surface area contributed by atoms with Crippen molar-refractivity contribution in [3.8, 4) is 0 Å². The minimum atomic E-state index is -0.940. The number of hydrogen-bond donors (Lipinski definition) is 1. The maximum atomic E-state index is 11.6. The average molecular weight is 286 g/mol. The van der Waals surface area contributed by atoms with E-state index in [2.05, 4.69) is 16.8 Å². The fraction of sp³-hybridized carbons (Fsp3) is 0.375. The van der Waals surface area contributed by atoms with Crippen LogP contribution in [-0.4, -0.2) is 41.9 Å². The summed E-state index contributed by atoms with van der Waals surface area (Å²) in [5.41, 5.74) is 1.08. The molecule has 5 nitrogen and oxygen atoms in total. The van der Waals surface area contributed by atoms with Crippen molar-refractivity contribution in [3.05, 3.63) is 35.9 Å². The van der Waals surface area contributed by atoms with Crippen LogP contribution in [0.2, 0.25) is 0 Å². The Morgan fingerprint density at radius 2 is 2.29 bits per heavy atom. The molecule has 0 radical (unpaired) electrons. The summed E-state index contributed by atoms with van der Waals surface area (Å²) in [7, 11) is 0. The molecule has 0 saturated carbocycles. The van der Waals surface area contributed by atoms with E-state index in [1.807, 2.05) is 24.3 Å². The van der Waals surface area contributed by atoms with Gasteiger partial charge in [0, 0.05) is 11.9 Å². The highest BCUT2D eigenvalue weighted by Crippen LogP contribution is 2.27. The number of nitrogens with zero attached hydrogens (tertiary/aromatic N) is 2. The molecule has 1 aromatic heterocycles. The lowest BCUT2D eigenvalue weighted by atomic mass is 10.1. The van der Waals surface area contributed by atoms with Crippen molar-refractivity contribution in [3.63, 3.8) is 0 Å². The molecule has 2 aromatic rings. The van der Waals surface area contributed by atoms with Gasteiger partial charge in [0.2, 0.25) is 0 Å². The molecular weight excluding hydrogens is 268 g/mol. The number of carboxylic acids is 1. The highest BCUT2D eigenvalue weighted by atomic mass is 16.5. The number of fused-ring (bicyclic) bond motifs is 1. The van der Waals surface area contributed by atoms with Crippen molar-refractivity contribution < 1.29 is 14.6 Å². The van der Waals surface area contributed by atoms with Gasteiger partial charge < -0.3 is 14.7 Å². The monoisotopic (exact) mass is 286 g/mol. The summed E-state index contributed by atoms with van der Waals surface area (Å²) >= 11 is 0. The Morgan fingerprint density at radius 1 is 1.48 bits per heavy atom. The van der Waals surface area contributed by atoms with Gasteiger partial charge in [-0.15, -0.1) is 0 Å². The summed E-state index contributed by atoms with van der Waals surface area (Å²) in [6.45, 7) is 3.96. The van der Waals surface area contributed by atoms with Gasteiger partial charge in [0.1, 0.15) is 11.4 Å². The van der Waals surface area contributed by atoms with Crippen molar-refractivity contribution in [2.45, 2.75) is 19.4 Å². The number of ether oxygens (including phenoxy) is 1. The SMILES string of the molecule is CCC1COCCN1c1nc2ccccc2cc1C(=O)O. The lowest BCUT2D eigenvalue weighted by Gasteiger charge is -2.36. The summed E-state index contributed by atoms with van der Waals surface area (Å²) in [5.74, 6) is -0.388. The molecule has 0 bridgehead atoms. The lowest BCUT2D eigenvalue weighted by Crippen LogP contribution is -2.46. The molecular formula is C16H18N2O3. The molecule has 0 spiro atoms. The third kappa shape index (κ3) is 2.56. The van der Waals surface area contributed by atoms with E-state index in [1.54, 1.807) is 6.07 Å². The second-order valence-corrected chi connectivity index (χ2v) is 5.19. The second-order valence-electron chi connectivity index (χ2n) is 5.19. The molecule has 1 aliphatic rings. The number of anilines is 1. The van der Waals surface area contributed by atoms with E-state index in [-0.39, 0.29) is 11.6 Å². The number of benzene rings is 1. The van der Waals surface area contributed by atoms with Crippen LogP contribution in [0.25, 0.3) is 10.9 Å². The van der Waals surface area contributed by atoms with E-state index in [0.29, 0.717) is 25.6 Å². The zero-order valence-electron chi connectivity index (χ0n) is 12.0. The van der Waals surface area contributed by atoms with E-state index in [4.69, 9.17) is 4.74 Å². The number of rotatable bonds is 3. The summed E-state index contributed by atoms with van der Waals surface area (Å²) < 4.78 is 5.50. The highest BCUT2D eigenvalue weighted by molar-refractivity contribution is 5.98. The van der Waals surface area contributed by atoms with Gasteiger partial charge in [0.05, 0.1) is 24.8 Å². The maximum absolute atomic E-state index is 11.6. The van der Waals surface area contributed by atoms with E-state index in [9.17, 15) is 9.90 Å². The molecule has 110 valence electrons. The molecule has 1 unspecified atom stereocenters. The van der Waals surface area contributed by atoms with Crippen molar-refractivity contribution in [1.82, 2.24) is 4.98 Å². The van der Waals surface area contributed by atoms with E-state index in [1.165, 1.54) is 0 Å². The zero-order chi connectivity index (χ0) is 14.8. The Bertz CT molecular complexity index is 672. The number of carboxylic acid groups (broad SMARTS) is 1. The lowest BCUT2D eigenvalue weighted by molar-refractivity contribution is 0.0693. The van der Waals surface area contributed by atoms with Crippen LogP contribution in [0.15, 0.2) is 30.3 Å². The number of aromatic carboxylic acids is 1. The van der Waals surface area contributed by atoms with Gasteiger partial charge in [-0.2, -0.15) is 0 Å². The van der Waals surface area contributed by atoms with E-state index >= 15 is 0 Å². The van der Waals surface area contributed by atoms with Gasteiger partial charge in [-0.1, -0.05) is 25.1 Å². The van der Waals surface area contributed by atoms with Gasteiger partial charge in [-0.25, -0.2) is 9.78 Å². The number of pyridine rings is 1. The van der Waals surface area contributed by atoms with Crippen LogP contribution in [0.3, 0.4) is 0 Å². The van der Waals surface area contributed by atoms with Crippen LogP contribution in [0.5, 0.6) is 0 Å². The predicted octanol–water partition coefficient (Wildman–Crippen LogP) is 2.55. The highest BCUT2D eigenvalue weighted by Gasteiger charge is 2.27. The first-order valence-corrected chi connectivity index (χ1v) is 7.18. The van der Waals surface area contributed by atoms with Crippen LogP contribution in [0, 0.1) is 0 Å². The number of carbonyl (C=O) groups is 1. The first-order valence-electron chi connectivity index (χ1n) is 7.18. The van der Waals surface area contributed by atoms with Crippen molar-refractivity contribution in [1.29, 1.82) is 0 Å². The Kier molecular flexibility index (Phi) is 3.75. The standard InChI is InChI=1S/C16H18N2O3/c1-2-12-10-21-8-7-18(12)15-13(16(19)20)9-11-5-3-4-6-14(11)17-15/h3-6,9,12H,2,7-8,10H2,1H3,(H,19,20). The molecule has 21 heavy (non-hydrogen) atoms. The van der Waals surface area contributed by atoms with Gasteiger partial charge >= 0.3 is 5.97 Å². The van der Waals surface area contributed by atoms with Gasteiger partial charge in [-0.05, 0) is 18.6 Å². The third-order valence-corrected chi connectivity index (χ3v) is 3.91. The van der Waals surface area contributed by atoms with Gasteiger partial charge in [-0.3, -0.25) is 0 Å². The first-order chi connectivity index (χ1) is 10.2. The summed E-state index contributed by atoms with van der Waals surface area (Å²) in [4.78, 5) is 18.3. The fourth-order valence-corrected chi connectivity index (χ4v) is 2.75. The summed E-state index contributed by atoms with van der Waals surface area (Å²) in [6, 6.07) is 9.48. The topological polar surface area (TPSA) is 62.7 Å². The van der Waals surface area contributed by atoms with E-state index < -0.39 is 5.97 Å². The fourth-order valence-electron chi connectivity index (χ4n) is 2.75. The predicted molar refractivity (Wildman–Crippen MR) is 80.9 cm³/mol. The maximum Gasteiger partial charge on any atom is 0.339 e. The molecule has 1 N–H and O–H groups in total. The molecule has 0 amide bonds.